The number of nitrogens with zero attached hydrogens (tertiary/aromatic N) is 3. The van der Waals surface area contributed by atoms with Crippen molar-refractivity contribution in [1.82, 2.24) is 14.9 Å². The van der Waals surface area contributed by atoms with Gasteiger partial charge in [0.2, 0.25) is 0 Å². The van der Waals surface area contributed by atoms with Crippen LogP contribution in [0.15, 0.2) is 42.6 Å². The Labute approximate surface area is 133 Å². The lowest BCUT2D eigenvalue weighted by atomic mass is 9.92. The summed E-state index contributed by atoms with van der Waals surface area (Å²) >= 11 is 0. The summed E-state index contributed by atoms with van der Waals surface area (Å²) in [6, 6.07) is 13.0. The Hall–Kier alpha value is -1.74. The fraction of sp³-hybridized carbons (Fsp3) is 0.474. The quantitative estimate of drug-likeness (QED) is 0.859. The monoisotopic (exact) mass is 295 g/mol. The van der Waals surface area contributed by atoms with Crippen LogP contribution in [0.4, 0.5) is 0 Å². The van der Waals surface area contributed by atoms with E-state index in [-0.39, 0.29) is 0 Å². The summed E-state index contributed by atoms with van der Waals surface area (Å²) in [7, 11) is 0. The maximum absolute atomic E-state index is 4.64. The predicted molar refractivity (Wildman–Crippen MR) is 89.7 cm³/mol. The van der Waals surface area contributed by atoms with Crippen molar-refractivity contribution >= 4 is 0 Å². The van der Waals surface area contributed by atoms with Crippen LogP contribution >= 0.6 is 0 Å². The first kappa shape index (κ1) is 15.2. The Morgan fingerprint density at radius 2 is 1.95 bits per heavy atom. The molecule has 0 unspecified atom stereocenters. The SMILES string of the molecule is CCc1nccc(CN2CCC[C@@H](c3ccccc3)CC2)n1. The number of likely N-dealkylation sites (tertiary alicyclic amines) is 1. The number of hydrogen-bond acceptors (Lipinski definition) is 3. The molecule has 0 aliphatic carbocycles. The first-order valence-electron chi connectivity index (χ1n) is 8.43. The van der Waals surface area contributed by atoms with Crippen LogP contribution < -0.4 is 0 Å². The van der Waals surface area contributed by atoms with Crippen LogP contribution in [0.2, 0.25) is 0 Å². The zero-order valence-corrected chi connectivity index (χ0v) is 13.4. The van der Waals surface area contributed by atoms with E-state index in [0.29, 0.717) is 5.92 Å². The van der Waals surface area contributed by atoms with Crippen LogP contribution in [0.5, 0.6) is 0 Å². The Morgan fingerprint density at radius 1 is 1.09 bits per heavy atom. The third-order valence-electron chi connectivity index (χ3n) is 4.56. The molecule has 1 aliphatic rings. The van der Waals surface area contributed by atoms with Gasteiger partial charge in [-0.15, -0.1) is 0 Å². The molecule has 0 bridgehead atoms. The van der Waals surface area contributed by atoms with Crippen LogP contribution in [0, 0.1) is 0 Å². The van der Waals surface area contributed by atoms with E-state index in [9.17, 15) is 0 Å². The summed E-state index contributed by atoms with van der Waals surface area (Å²) in [5.41, 5.74) is 2.66. The lowest BCUT2D eigenvalue weighted by molar-refractivity contribution is 0.272. The van der Waals surface area contributed by atoms with Crippen LogP contribution in [0.3, 0.4) is 0 Å². The summed E-state index contributed by atoms with van der Waals surface area (Å²) in [6.07, 6.45) is 6.61. The summed E-state index contributed by atoms with van der Waals surface area (Å²) in [4.78, 5) is 11.5. The molecular weight excluding hydrogens is 270 g/mol. The minimum absolute atomic E-state index is 0.711. The molecular formula is C19H25N3. The molecule has 1 aromatic carbocycles. The van der Waals surface area contributed by atoms with Crippen LogP contribution in [-0.4, -0.2) is 28.0 Å². The van der Waals surface area contributed by atoms with Gasteiger partial charge in [0.15, 0.2) is 0 Å². The van der Waals surface area contributed by atoms with Gasteiger partial charge in [-0.1, -0.05) is 37.3 Å². The van der Waals surface area contributed by atoms with Crippen LogP contribution in [0.25, 0.3) is 0 Å². The summed E-state index contributed by atoms with van der Waals surface area (Å²) in [5, 5.41) is 0. The number of rotatable bonds is 4. The first-order valence-corrected chi connectivity index (χ1v) is 8.43. The predicted octanol–water partition coefficient (Wildman–Crippen LogP) is 3.81. The molecule has 0 N–H and O–H groups in total. The maximum atomic E-state index is 4.64. The van der Waals surface area contributed by atoms with E-state index in [2.05, 4.69) is 58.2 Å². The lowest BCUT2D eigenvalue weighted by Gasteiger charge is -2.20. The summed E-state index contributed by atoms with van der Waals surface area (Å²) in [5.74, 6) is 1.66. The van der Waals surface area contributed by atoms with E-state index < -0.39 is 0 Å². The highest BCUT2D eigenvalue weighted by Crippen LogP contribution is 2.28. The van der Waals surface area contributed by atoms with E-state index >= 15 is 0 Å². The van der Waals surface area contributed by atoms with Gasteiger partial charge in [-0.2, -0.15) is 0 Å². The van der Waals surface area contributed by atoms with Crippen molar-refractivity contribution in [3.8, 4) is 0 Å². The second-order valence-corrected chi connectivity index (χ2v) is 6.13. The molecule has 0 spiro atoms. The fourth-order valence-electron chi connectivity index (χ4n) is 3.30. The van der Waals surface area contributed by atoms with Crippen molar-refractivity contribution < 1.29 is 0 Å². The molecule has 1 saturated heterocycles. The lowest BCUT2D eigenvalue weighted by Crippen LogP contribution is -2.25. The molecule has 2 heterocycles. The van der Waals surface area contributed by atoms with Gasteiger partial charge in [0.25, 0.3) is 0 Å². The van der Waals surface area contributed by atoms with Crippen molar-refractivity contribution in [1.29, 1.82) is 0 Å². The molecule has 2 aromatic rings. The largest absolute Gasteiger partial charge is 0.297 e. The Bertz CT molecular complexity index is 582. The van der Waals surface area contributed by atoms with Gasteiger partial charge in [-0.25, -0.2) is 9.97 Å². The highest BCUT2D eigenvalue weighted by atomic mass is 15.1. The van der Waals surface area contributed by atoms with Gasteiger partial charge in [0.1, 0.15) is 5.82 Å². The van der Waals surface area contributed by atoms with Crippen molar-refractivity contribution in [2.24, 2.45) is 0 Å². The zero-order valence-electron chi connectivity index (χ0n) is 13.4. The average molecular weight is 295 g/mol. The van der Waals surface area contributed by atoms with Gasteiger partial charge in [-0.05, 0) is 49.9 Å². The first-order chi connectivity index (χ1) is 10.8. The molecule has 0 saturated carbocycles. The number of aromatic nitrogens is 2. The highest BCUT2D eigenvalue weighted by Gasteiger charge is 2.18. The van der Waals surface area contributed by atoms with Crippen LogP contribution in [-0.2, 0) is 13.0 Å². The fourth-order valence-corrected chi connectivity index (χ4v) is 3.30. The summed E-state index contributed by atoms with van der Waals surface area (Å²) < 4.78 is 0. The maximum Gasteiger partial charge on any atom is 0.128 e. The molecule has 22 heavy (non-hydrogen) atoms. The molecule has 1 aromatic heterocycles. The molecule has 3 nitrogen and oxygen atoms in total. The molecule has 1 atom stereocenters. The smallest absolute Gasteiger partial charge is 0.128 e. The van der Waals surface area contributed by atoms with Crippen molar-refractivity contribution in [2.75, 3.05) is 13.1 Å². The van der Waals surface area contributed by atoms with Gasteiger partial charge >= 0.3 is 0 Å². The molecule has 3 heteroatoms. The van der Waals surface area contributed by atoms with E-state index in [1.165, 1.54) is 31.4 Å². The van der Waals surface area contributed by atoms with Gasteiger partial charge in [0, 0.05) is 19.2 Å². The zero-order chi connectivity index (χ0) is 15.2. The standard InChI is InChI=1S/C19H25N3/c1-2-19-20-12-10-18(21-19)15-22-13-6-9-17(11-14-22)16-7-4-3-5-8-16/h3-5,7-8,10,12,17H,2,6,9,11,13-15H2,1H3/t17-/m1/s1. The van der Waals surface area contributed by atoms with Crippen LogP contribution in [0.1, 0.15) is 49.2 Å². The van der Waals surface area contributed by atoms with Gasteiger partial charge in [0.05, 0.1) is 5.69 Å². The average Bonchev–Trinajstić information content (AvgIpc) is 2.81. The number of hydrogen-bond donors (Lipinski definition) is 0. The van der Waals surface area contributed by atoms with Crippen molar-refractivity contribution in [3.63, 3.8) is 0 Å². The molecule has 1 fully saturated rings. The number of aryl methyl sites for hydroxylation is 1. The normalized spacial score (nSPS) is 19.8. The highest BCUT2D eigenvalue weighted by molar-refractivity contribution is 5.19. The Balaban J connectivity index is 1.60. The minimum Gasteiger partial charge on any atom is -0.297 e. The summed E-state index contributed by atoms with van der Waals surface area (Å²) in [6.45, 7) is 5.40. The van der Waals surface area contributed by atoms with E-state index in [1.54, 1.807) is 0 Å². The number of benzene rings is 1. The molecule has 0 radical (unpaired) electrons. The Morgan fingerprint density at radius 3 is 2.77 bits per heavy atom. The second kappa shape index (κ2) is 7.50. The second-order valence-electron chi connectivity index (χ2n) is 6.13. The molecule has 3 rings (SSSR count). The topological polar surface area (TPSA) is 29.0 Å². The van der Waals surface area contributed by atoms with Gasteiger partial charge in [-0.3, -0.25) is 4.90 Å². The third kappa shape index (κ3) is 3.92. The third-order valence-corrected chi connectivity index (χ3v) is 4.56. The molecule has 116 valence electrons. The molecule has 1 aliphatic heterocycles. The van der Waals surface area contributed by atoms with E-state index in [1.807, 2.05) is 6.20 Å². The molecule has 0 amide bonds. The van der Waals surface area contributed by atoms with E-state index in [0.717, 1.165) is 31.0 Å². The van der Waals surface area contributed by atoms with Crippen molar-refractivity contribution in [2.45, 2.75) is 45.1 Å². The minimum atomic E-state index is 0.711. The Kier molecular flexibility index (Phi) is 5.17. The van der Waals surface area contributed by atoms with E-state index in [4.69, 9.17) is 0 Å². The van der Waals surface area contributed by atoms with Gasteiger partial charge < -0.3 is 0 Å². The van der Waals surface area contributed by atoms with Crippen molar-refractivity contribution in [3.05, 3.63) is 59.7 Å².